The monoisotopic (exact) mass is 415 g/mol. The lowest BCUT2D eigenvalue weighted by Gasteiger charge is -2.11. The van der Waals surface area contributed by atoms with E-state index in [9.17, 15) is 18.0 Å². The first-order chi connectivity index (χ1) is 13.8. The van der Waals surface area contributed by atoms with Crippen LogP contribution in [0, 0.1) is 0 Å². The van der Waals surface area contributed by atoms with Gasteiger partial charge in [-0.2, -0.15) is 8.42 Å². The lowest BCUT2D eigenvalue weighted by atomic mass is 10.1. The topological polar surface area (TPSA) is 105 Å². The summed E-state index contributed by atoms with van der Waals surface area (Å²) < 4.78 is 33.5. The normalized spacial score (nSPS) is 15.4. The zero-order valence-corrected chi connectivity index (χ0v) is 16.9. The van der Waals surface area contributed by atoms with E-state index in [0.717, 1.165) is 13.0 Å². The number of carbonyl (C=O) groups excluding carboxylic acids is 2. The predicted molar refractivity (Wildman–Crippen MR) is 109 cm³/mol. The van der Waals surface area contributed by atoms with E-state index in [1.807, 2.05) is 11.9 Å². The Bertz CT molecular complexity index is 1040. The molecule has 3 rings (SSSR count). The molecule has 1 amide bonds. The predicted octanol–water partition coefficient (Wildman–Crippen LogP) is 2.54. The van der Waals surface area contributed by atoms with Gasteiger partial charge < -0.3 is 15.0 Å². The van der Waals surface area contributed by atoms with Crippen molar-refractivity contribution in [3.8, 4) is 0 Å². The molecule has 1 heterocycles. The van der Waals surface area contributed by atoms with Crippen molar-refractivity contribution < 1.29 is 22.7 Å². The van der Waals surface area contributed by atoms with Gasteiger partial charge in [0, 0.05) is 31.3 Å². The van der Waals surface area contributed by atoms with Crippen LogP contribution in [0.1, 0.15) is 33.6 Å². The maximum Gasteiger partial charge on any atom is 0.337 e. The molecule has 1 N–H and O–H groups in total. The van der Waals surface area contributed by atoms with Gasteiger partial charge in [-0.1, -0.05) is 0 Å². The van der Waals surface area contributed by atoms with Crippen LogP contribution in [-0.4, -0.2) is 51.7 Å². The number of amides is 1. The maximum atomic E-state index is 12.5. The summed E-state index contributed by atoms with van der Waals surface area (Å²) in [7, 11) is -0.700. The van der Waals surface area contributed by atoms with Crippen molar-refractivity contribution in [2.75, 3.05) is 26.0 Å². The Morgan fingerprint density at radius 2 is 1.66 bits per heavy atom. The number of amidine groups is 1. The third kappa shape index (κ3) is 4.80. The Kier molecular flexibility index (Phi) is 5.97. The van der Waals surface area contributed by atoms with Crippen LogP contribution < -0.4 is 5.32 Å². The number of sulfonamides is 1. The van der Waals surface area contributed by atoms with Crippen LogP contribution in [0.2, 0.25) is 0 Å². The molecular formula is C20H21N3O5S. The van der Waals surface area contributed by atoms with Crippen LogP contribution in [0.15, 0.2) is 57.8 Å². The van der Waals surface area contributed by atoms with Gasteiger partial charge in [-0.3, -0.25) is 4.79 Å². The number of rotatable bonds is 5. The Balaban J connectivity index is 1.70. The molecule has 0 atom stereocenters. The summed E-state index contributed by atoms with van der Waals surface area (Å²) in [6.07, 6.45) is 1.52. The van der Waals surface area contributed by atoms with Crippen LogP contribution >= 0.6 is 0 Å². The van der Waals surface area contributed by atoms with Gasteiger partial charge in [0.15, 0.2) is 0 Å². The molecule has 0 radical (unpaired) electrons. The first kappa shape index (κ1) is 20.5. The molecule has 1 fully saturated rings. The number of carbonyl (C=O) groups is 2. The minimum Gasteiger partial charge on any atom is -0.465 e. The molecule has 9 heteroatoms. The summed E-state index contributed by atoms with van der Waals surface area (Å²) >= 11 is 0. The number of hydrogen-bond donors (Lipinski definition) is 1. The van der Waals surface area contributed by atoms with Gasteiger partial charge in [0.05, 0.1) is 17.6 Å². The summed E-state index contributed by atoms with van der Waals surface area (Å²) in [6, 6.07) is 11.8. The summed E-state index contributed by atoms with van der Waals surface area (Å²) in [4.78, 5) is 25.7. The number of hydrogen-bond acceptors (Lipinski definition) is 5. The molecule has 8 nitrogen and oxygen atoms in total. The molecule has 152 valence electrons. The van der Waals surface area contributed by atoms with E-state index >= 15 is 0 Å². The molecule has 0 aromatic heterocycles. The number of esters is 1. The van der Waals surface area contributed by atoms with E-state index in [0.29, 0.717) is 29.1 Å². The summed E-state index contributed by atoms with van der Waals surface area (Å²) in [5, 5.41) is 2.69. The quantitative estimate of drug-likeness (QED) is 0.753. The fraction of sp³-hybridized carbons (Fsp3) is 0.250. The van der Waals surface area contributed by atoms with E-state index < -0.39 is 16.0 Å². The number of likely N-dealkylation sites (tertiary alicyclic amines) is 1. The van der Waals surface area contributed by atoms with E-state index in [1.165, 1.54) is 55.6 Å². The Morgan fingerprint density at radius 3 is 2.21 bits per heavy atom. The standard InChI is InChI=1S/C20H21N3O5S/c1-23-13-3-4-18(23)22-29(26,27)17-11-9-16(10-12-17)21-19(24)14-5-7-15(8-6-14)20(25)28-2/h5-12H,3-4,13H2,1-2H3,(H,21,24). The van der Waals surface area contributed by atoms with Crippen LogP contribution in [0.4, 0.5) is 5.69 Å². The molecule has 0 unspecified atom stereocenters. The van der Waals surface area contributed by atoms with Gasteiger partial charge in [-0.25, -0.2) is 4.79 Å². The Labute approximate surface area is 169 Å². The lowest BCUT2D eigenvalue weighted by Crippen LogP contribution is -2.20. The Morgan fingerprint density at radius 1 is 1.03 bits per heavy atom. The van der Waals surface area contributed by atoms with Crippen molar-refractivity contribution in [3.05, 3.63) is 59.7 Å². The van der Waals surface area contributed by atoms with E-state index in [4.69, 9.17) is 0 Å². The van der Waals surface area contributed by atoms with Crippen LogP contribution in [0.25, 0.3) is 0 Å². The summed E-state index contributed by atoms with van der Waals surface area (Å²) in [6.45, 7) is 0.792. The van der Waals surface area contributed by atoms with Gasteiger partial charge in [-0.15, -0.1) is 4.40 Å². The Hall–Kier alpha value is -3.20. The highest BCUT2D eigenvalue weighted by molar-refractivity contribution is 7.90. The first-order valence-electron chi connectivity index (χ1n) is 8.95. The highest BCUT2D eigenvalue weighted by Crippen LogP contribution is 2.19. The van der Waals surface area contributed by atoms with Crippen LogP contribution in [0.5, 0.6) is 0 Å². The second-order valence-electron chi connectivity index (χ2n) is 6.56. The zero-order chi connectivity index (χ0) is 21.0. The third-order valence-electron chi connectivity index (χ3n) is 4.54. The summed E-state index contributed by atoms with van der Waals surface area (Å²) in [5.74, 6) is -0.316. The van der Waals surface area contributed by atoms with Crippen molar-refractivity contribution in [3.63, 3.8) is 0 Å². The second kappa shape index (κ2) is 8.44. The highest BCUT2D eigenvalue weighted by atomic mass is 32.2. The number of anilines is 1. The number of nitrogens with zero attached hydrogens (tertiary/aromatic N) is 2. The van der Waals surface area contributed by atoms with E-state index in [-0.39, 0.29) is 10.8 Å². The molecule has 1 aliphatic rings. The van der Waals surface area contributed by atoms with Crippen molar-refractivity contribution in [1.29, 1.82) is 0 Å². The van der Waals surface area contributed by atoms with Crippen molar-refractivity contribution in [2.24, 2.45) is 4.40 Å². The highest BCUT2D eigenvalue weighted by Gasteiger charge is 2.20. The number of ether oxygens (including phenoxy) is 1. The van der Waals surface area contributed by atoms with Crippen molar-refractivity contribution in [2.45, 2.75) is 17.7 Å². The van der Waals surface area contributed by atoms with Crippen molar-refractivity contribution >= 4 is 33.4 Å². The lowest BCUT2D eigenvalue weighted by molar-refractivity contribution is 0.0600. The smallest absolute Gasteiger partial charge is 0.337 e. The molecule has 29 heavy (non-hydrogen) atoms. The van der Waals surface area contributed by atoms with Gasteiger partial charge in [0.1, 0.15) is 5.84 Å². The van der Waals surface area contributed by atoms with Gasteiger partial charge in [0.2, 0.25) is 0 Å². The molecule has 2 aromatic rings. The third-order valence-corrected chi connectivity index (χ3v) is 5.86. The first-order valence-corrected chi connectivity index (χ1v) is 10.4. The number of methoxy groups -OCH3 is 1. The minimum absolute atomic E-state index is 0.0609. The molecule has 0 aliphatic carbocycles. The molecule has 2 aromatic carbocycles. The van der Waals surface area contributed by atoms with E-state index in [2.05, 4.69) is 14.5 Å². The SMILES string of the molecule is COC(=O)c1ccc(C(=O)Nc2ccc(S(=O)(=O)N=C3CCCN3C)cc2)cc1. The van der Waals surface area contributed by atoms with Gasteiger partial charge in [0.25, 0.3) is 15.9 Å². The average molecular weight is 415 g/mol. The zero-order valence-electron chi connectivity index (χ0n) is 16.1. The number of nitrogens with one attached hydrogen (secondary N) is 1. The summed E-state index contributed by atoms with van der Waals surface area (Å²) in [5.41, 5.74) is 1.13. The minimum atomic E-state index is -3.80. The largest absolute Gasteiger partial charge is 0.465 e. The van der Waals surface area contributed by atoms with Crippen LogP contribution in [-0.2, 0) is 14.8 Å². The van der Waals surface area contributed by atoms with Gasteiger partial charge in [-0.05, 0) is 55.0 Å². The molecular weight excluding hydrogens is 394 g/mol. The fourth-order valence-electron chi connectivity index (χ4n) is 2.89. The van der Waals surface area contributed by atoms with Gasteiger partial charge >= 0.3 is 5.97 Å². The van der Waals surface area contributed by atoms with Crippen molar-refractivity contribution in [1.82, 2.24) is 4.90 Å². The maximum absolute atomic E-state index is 12.5. The number of benzene rings is 2. The molecule has 1 saturated heterocycles. The molecule has 0 bridgehead atoms. The molecule has 0 spiro atoms. The van der Waals surface area contributed by atoms with E-state index in [1.54, 1.807) is 0 Å². The van der Waals surface area contributed by atoms with Crippen LogP contribution in [0.3, 0.4) is 0 Å². The second-order valence-corrected chi connectivity index (χ2v) is 8.16. The average Bonchev–Trinajstić information content (AvgIpc) is 3.11. The molecule has 0 saturated carbocycles. The fourth-order valence-corrected chi connectivity index (χ4v) is 3.98. The molecule has 1 aliphatic heterocycles.